The average Bonchev–Trinajstić information content (AvgIpc) is 2.56. The summed E-state index contributed by atoms with van der Waals surface area (Å²) in [6.45, 7) is 7.30. The molecule has 0 bridgehead atoms. The van der Waals surface area contributed by atoms with E-state index in [4.69, 9.17) is 14.2 Å². The van der Waals surface area contributed by atoms with E-state index in [1.807, 2.05) is 6.92 Å². The van der Waals surface area contributed by atoms with E-state index >= 15 is 0 Å². The van der Waals surface area contributed by atoms with Crippen LogP contribution in [-0.2, 0) is 4.79 Å². The van der Waals surface area contributed by atoms with Gasteiger partial charge in [0.05, 0.1) is 13.7 Å². The Morgan fingerprint density at radius 2 is 1.92 bits per heavy atom. The Morgan fingerprint density at radius 1 is 1.17 bits per heavy atom. The van der Waals surface area contributed by atoms with Crippen molar-refractivity contribution in [3.63, 3.8) is 0 Å². The number of hydrogen-bond acceptors (Lipinski definition) is 4. The third-order valence-corrected chi connectivity index (χ3v) is 3.28. The second-order valence-corrected chi connectivity index (χ2v) is 5.11. The fourth-order valence-corrected chi connectivity index (χ4v) is 2.08. The number of benzene rings is 2. The van der Waals surface area contributed by atoms with Crippen molar-refractivity contribution in [2.45, 2.75) is 13.8 Å². The summed E-state index contributed by atoms with van der Waals surface area (Å²) < 4.78 is 30.0. The van der Waals surface area contributed by atoms with Gasteiger partial charge in [0.25, 0.3) is 0 Å². The second-order valence-electron chi connectivity index (χ2n) is 5.11. The van der Waals surface area contributed by atoms with E-state index < -0.39 is 11.8 Å². The molecule has 0 amide bonds. The van der Waals surface area contributed by atoms with Crippen LogP contribution in [0.4, 0.5) is 4.39 Å². The lowest BCUT2D eigenvalue weighted by molar-refractivity contribution is -0.130. The molecule has 0 aliphatic rings. The van der Waals surface area contributed by atoms with Crippen LogP contribution in [-0.4, -0.2) is 19.7 Å². The van der Waals surface area contributed by atoms with Crippen LogP contribution < -0.4 is 14.2 Å². The van der Waals surface area contributed by atoms with Crippen molar-refractivity contribution in [2.75, 3.05) is 13.7 Å². The number of esters is 1. The Kier molecular flexibility index (Phi) is 5.58. The highest BCUT2D eigenvalue weighted by atomic mass is 19.1. The van der Waals surface area contributed by atoms with Crippen LogP contribution in [0.15, 0.2) is 48.6 Å². The number of methoxy groups -OCH3 is 1. The first-order chi connectivity index (χ1) is 11.5. The van der Waals surface area contributed by atoms with Gasteiger partial charge in [-0.3, -0.25) is 0 Å². The summed E-state index contributed by atoms with van der Waals surface area (Å²) in [5, 5.41) is 0. The van der Waals surface area contributed by atoms with E-state index in [9.17, 15) is 9.18 Å². The molecule has 0 unspecified atom stereocenters. The van der Waals surface area contributed by atoms with Gasteiger partial charge in [-0.25, -0.2) is 9.18 Å². The number of halogens is 1. The van der Waals surface area contributed by atoms with Crippen molar-refractivity contribution < 1.29 is 23.4 Å². The molecule has 0 aromatic heterocycles. The maximum Gasteiger partial charge on any atom is 0.338 e. The number of rotatable bonds is 6. The minimum atomic E-state index is -0.666. The molecule has 2 aromatic carbocycles. The predicted octanol–water partition coefficient (Wildman–Crippen LogP) is 4.38. The normalized spacial score (nSPS) is 10.2. The fourth-order valence-electron chi connectivity index (χ4n) is 2.08. The summed E-state index contributed by atoms with van der Waals surface area (Å²) in [4.78, 5) is 11.5. The van der Waals surface area contributed by atoms with Gasteiger partial charge in [-0.1, -0.05) is 12.6 Å². The van der Waals surface area contributed by atoms with Gasteiger partial charge in [0, 0.05) is 17.2 Å². The van der Waals surface area contributed by atoms with Gasteiger partial charge in [-0.2, -0.15) is 0 Å². The van der Waals surface area contributed by atoms with E-state index in [0.29, 0.717) is 29.2 Å². The highest BCUT2D eigenvalue weighted by Gasteiger charge is 2.14. The molecule has 0 atom stereocenters. The van der Waals surface area contributed by atoms with E-state index in [-0.39, 0.29) is 11.3 Å². The monoisotopic (exact) mass is 330 g/mol. The zero-order chi connectivity index (χ0) is 17.7. The van der Waals surface area contributed by atoms with Crippen LogP contribution in [0.5, 0.6) is 17.2 Å². The smallest absolute Gasteiger partial charge is 0.338 e. The molecule has 2 aromatic rings. The second kappa shape index (κ2) is 7.64. The third-order valence-electron chi connectivity index (χ3n) is 3.28. The van der Waals surface area contributed by atoms with Gasteiger partial charge in [0.2, 0.25) is 0 Å². The van der Waals surface area contributed by atoms with Crippen LogP contribution >= 0.6 is 0 Å². The first kappa shape index (κ1) is 17.5. The topological polar surface area (TPSA) is 44.8 Å². The molecule has 126 valence electrons. The van der Waals surface area contributed by atoms with Crippen LogP contribution in [0.3, 0.4) is 0 Å². The minimum absolute atomic E-state index is 0.141. The van der Waals surface area contributed by atoms with Gasteiger partial charge in [-0.05, 0) is 43.7 Å². The summed E-state index contributed by atoms with van der Waals surface area (Å²) >= 11 is 0. The predicted molar refractivity (Wildman–Crippen MR) is 90.0 cm³/mol. The highest BCUT2D eigenvalue weighted by Crippen LogP contribution is 2.35. The Labute approximate surface area is 140 Å². The van der Waals surface area contributed by atoms with E-state index in [2.05, 4.69) is 6.58 Å². The summed E-state index contributed by atoms with van der Waals surface area (Å²) in [7, 11) is 1.56. The van der Waals surface area contributed by atoms with Crippen molar-refractivity contribution in [1.29, 1.82) is 0 Å². The standard InChI is InChI=1S/C19H19FO4/c1-5-23-18-11-14(22-4)7-8-15(18)13-6-9-17(16(20)10-13)24-19(21)12(2)3/h6-11H,2,5H2,1,3-4H3. The lowest BCUT2D eigenvalue weighted by atomic mass is 10.0. The molecular weight excluding hydrogens is 311 g/mol. The maximum absolute atomic E-state index is 14.3. The largest absolute Gasteiger partial charge is 0.497 e. The van der Waals surface area contributed by atoms with Gasteiger partial charge in [-0.15, -0.1) is 0 Å². The van der Waals surface area contributed by atoms with Crippen molar-refractivity contribution >= 4 is 5.97 Å². The van der Waals surface area contributed by atoms with Crippen LogP contribution in [0.2, 0.25) is 0 Å². The number of hydrogen-bond donors (Lipinski definition) is 0. The maximum atomic E-state index is 14.3. The lowest BCUT2D eigenvalue weighted by Crippen LogP contribution is -2.09. The van der Waals surface area contributed by atoms with Gasteiger partial charge >= 0.3 is 5.97 Å². The van der Waals surface area contributed by atoms with Crippen molar-refractivity contribution in [3.05, 3.63) is 54.4 Å². The third kappa shape index (κ3) is 3.93. The highest BCUT2D eigenvalue weighted by molar-refractivity contribution is 5.88. The number of carbonyl (C=O) groups excluding carboxylic acids is 1. The van der Waals surface area contributed by atoms with Crippen molar-refractivity contribution in [2.24, 2.45) is 0 Å². The van der Waals surface area contributed by atoms with E-state index in [0.717, 1.165) is 0 Å². The molecule has 0 heterocycles. The molecule has 2 rings (SSSR count). The van der Waals surface area contributed by atoms with Crippen LogP contribution in [0, 0.1) is 5.82 Å². The lowest BCUT2D eigenvalue weighted by Gasteiger charge is -2.13. The zero-order valence-electron chi connectivity index (χ0n) is 13.9. The molecule has 0 N–H and O–H groups in total. The van der Waals surface area contributed by atoms with Crippen molar-refractivity contribution in [1.82, 2.24) is 0 Å². The molecule has 0 saturated carbocycles. The summed E-state index contributed by atoms with van der Waals surface area (Å²) in [6.07, 6.45) is 0. The minimum Gasteiger partial charge on any atom is -0.497 e. The first-order valence-corrected chi connectivity index (χ1v) is 7.44. The Bertz CT molecular complexity index is 768. The fraction of sp³-hybridized carbons (Fsp3) is 0.211. The molecular formula is C19H19FO4. The van der Waals surface area contributed by atoms with Crippen LogP contribution in [0.1, 0.15) is 13.8 Å². The molecule has 0 aliphatic carbocycles. The van der Waals surface area contributed by atoms with Crippen LogP contribution in [0.25, 0.3) is 11.1 Å². The Balaban J connectivity index is 2.38. The zero-order valence-corrected chi connectivity index (χ0v) is 13.9. The Morgan fingerprint density at radius 3 is 2.50 bits per heavy atom. The average molecular weight is 330 g/mol. The molecule has 24 heavy (non-hydrogen) atoms. The quantitative estimate of drug-likeness (QED) is 0.448. The molecule has 0 spiro atoms. The molecule has 5 heteroatoms. The molecule has 0 aliphatic heterocycles. The van der Waals surface area contributed by atoms with Gasteiger partial charge in [0.15, 0.2) is 11.6 Å². The summed E-state index contributed by atoms with van der Waals surface area (Å²) in [5.41, 5.74) is 1.52. The van der Waals surface area contributed by atoms with Gasteiger partial charge < -0.3 is 14.2 Å². The number of carbonyl (C=O) groups is 1. The molecule has 0 fully saturated rings. The van der Waals surface area contributed by atoms with E-state index in [1.165, 1.54) is 19.1 Å². The molecule has 0 saturated heterocycles. The summed E-state index contributed by atoms with van der Waals surface area (Å²) in [6, 6.07) is 9.67. The van der Waals surface area contributed by atoms with E-state index in [1.54, 1.807) is 31.4 Å². The molecule has 4 nitrogen and oxygen atoms in total. The summed E-state index contributed by atoms with van der Waals surface area (Å²) in [5.74, 6) is -0.211. The SMILES string of the molecule is C=C(C)C(=O)Oc1ccc(-c2ccc(OC)cc2OCC)cc1F. The Hall–Kier alpha value is -2.82. The number of ether oxygens (including phenoxy) is 3. The van der Waals surface area contributed by atoms with Crippen molar-refractivity contribution in [3.8, 4) is 28.4 Å². The molecule has 0 radical (unpaired) electrons. The van der Waals surface area contributed by atoms with Gasteiger partial charge in [0.1, 0.15) is 11.5 Å². The first-order valence-electron chi connectivity index (χ1n) is 7.44.